The predicted octanol–water partition coefficient (Wildman–Crippen LogP) is 4.00. The fourth-order valence-corrected chi connectivity index (χ4v) is 3.35. The zero-order valence-electron chi connectivity index (χ0n) is 15.8. The first-order valence-corrected chi connectivity index (χ1v) is 9.38. The molecule has 1 N–H and O–H groups in total. The Hall–Kier alpha value is -3.41. The van der Waals surface area contributed by atoms with Crippen molar-refractivity contribution in [2.75, 3.05) is 30.4 Å². The summed E-state index contributed by atoms with van der Waals surface area (Å²) in [5.74, 6) is 1.27. The van der Waals surface area contributed by atoms with Crippen molar-refractivity contribution in [3.05, 3.63) is 66.2 Å². The zero-order valence-corrected chi connectivity index (χ0v) is 15.8. The first-order chi connectivity index (χ1) is 13.7. The van der Waals surface area contributed by atoms with Gasteiger partial charge in [0.15, 0.2) is 5.82 Å². The quantitative estimate of drug-likeness (QED) is 0.731. The molecule has 142 valence electrons. The molecular formula is C22H22N4O2. The summed E-state index contributed by atoms with van der Waals surface area (Å²) in [6.45, 7) is 2.10. The highest BCUT2D eigenvalue weighted by atomic mass is 16.5. The molecule has 0 saturated carbocycles. The third-order valence-corrected chi connectivity index (χ3v) is 4.87. The molecule has 3 aromatic rings. The molecule has 6 nitrogen and oxygen atoms in total. The van der Waals surface area contributed by atoms with E-state index in [1.165, 1.54) is 12.8 Å². The number of anilines is 2. The van der Waals surface area contributed by atoms with E-state index in [2.05, 4.69) is 20.4 Å². The molecule has 0 radical (unpaired) electrons. The summed E-state index contributed by atoms with van der Waals surface area (Å²) in [7, 11) is 1.55. The zero-order chi connectivity index (χ0) is 19.3. The van der Waals surface area contributed by atoms with Gasteiger partial charge in [0.25, 0.3) is 5.91 Å². The Morgan fingerprint density at radius 3 is 2.39 bits per heavy atom. The van der Waals surface area contributed by atoms with Gasteiger partial charge < -0.3 is 15.0 Å². The summed E-state index contributed by atoms with van der Waals surface area (Å²) in [4.78, 5) is 14.8. The molecule has 0 aliphatic carbocycles. The molecule has 0 unspecified atom stereocenters. The molecule has 1 amide bonds. The number of hydrogen-bond donors (Lipinski definition) is 1. The van der Waals surface area contributed by atoms with Crippen LogP contribution in [-0.4, -0.2) is 36.3 Å². The number of amides is 1. The number of carbonyl (C=O) groups is 1. The Kier molecular flexibility index (Phi) is 5.19. The third kappa shape index (κ3) is 3.81. The smallest absolute Gasteiger partial charge is 0.259 e. The van der Waals surface area contributed by atoms with Crippen molar-refractivity contribution >= 4 is 17.4 Å². The first-order valence-electron chi connectivity index (χ1n) is 9.38. The average molecular weight is 374 g/mol. The highest BCUT2D eigenvalue weighted by Gasteiger charge is 2.14. The maximum Gasteiger partial charge on any atom is 0.259 e. The molecule has 1 aliphatic heterocycles. The van der Waals surface area contributed by atoms with E-state index in [0.717, 1.165) is 30.2 Å². The molecule has 4 rings (SSSR count). The van der Waals surface area contributed by atoms with Crippen LogP contribution in [0.4, 0.5) is 11.5 Å². The number of carbonyl (C=O) groups excluding carboxylic acids is 1. The Morgan fingerprint density at radius 2 is 1.71 bits per heavy atom. The number of rotatable bonds is 5. The van der Waals surface area contributed by atoms with Crippen LogP contribution in [0, 0.1) is 0 Å². The summed E-state index contributed by atoms with van der Waals surface area (Å²) in [6.07, 6.45) is 2.43. The van der Waals surface area contributed by atoms with Crippen LogP contribution >= 0.6 is 0 Å². The van der Waals surface area contributed by atoms with Gasteiger partial charge in [0.1, 0.15) is 5.75 Å². The van der Waals surface area contributed by atoms with E-state index >= 15 is 0 Å². The number of nitrogens with one attached hydrogen (secondary N) is 1. The van der Waals surface area contributed by atoms with Crippen LogP contribution in [0.2, 0.25) is 0 Å². The van der Waals surface area contributed by atoms with E-state index in [1.807, 2.05) is 48.5 Å². The van der Waals surface area contributed by atoms with Gasteiger partial charge in [-0.25, -0.2) is 0 Å². The Morgan fingerprint density at radius 1 is 0.964 bits per heavy atom. The molecule has 1 saturated heterocycles. The number of methoxy groups -OCH3 is 1. The number of nitrogens with zero attached hydrogens (tertiary/aromatic N) is 3. The van der Waals surface area contributed by atoms with E-state index in [0.29, 0.717) is 17.0 Å². The highest BCUT2D eigenvalue weighted by Crippen LogP contribution is 2.23. The topological polar surface area (TPSA) is 67.3 Å². The molecule has 2 heterocycles. The van der Waals surface area contributed by atoms with E-state index < -0.39 is 0 Å². The maximum absolute atomic E-state index is 12.5. The van der Waals surface area contributed by atoms with Gasteiger partial charge in [-0.1, -0.05) is 24.3 Å². The van der Waals surface area contributed by atoms with Gasteiger partial charge in [0.2, 0.25) is 0 Å². The molecule has 0 atom stereocenters. The van der Waals surface area contributed by atoms with Crippen LogP contribution < -0.4 is 15.0 Å². The van der Waals surface area contributed by atoms with Gasteiger partial charge in [-0.2, -0.15) is 0 Å². The second kappa shape index (κ2) is 8.08. The van der Waals surface area contributed by atoms with Gasteiger partial charge in [-0.05, 0) is 49.2 Å². The molecule has 6 heteroatoms. The van der Waals surface area contributed by atoms with Crippen molar-refractivity contribution in [3.8, 4) is 17.0 Å². The maximum atomic E-state index is 12.5. The molecule has 1 aromatic heterocycles. The van der Waals surface area contributed by atoms with Gasteiger partial charge in [-0.3, -0.25) is 4.79 Å². The summed E-state index contributed by atoms with van der Waals surface area (Å²) in [5.41, 5.74) is 2.97. The Bertz CT molecular complexity index is 949. The van der Waals surface area contributed by atoms with Crippen molar-refractivity contribution in [1.29, 1.82) is 0 Å². The van der Waals surface area contributed by atoms with Crippen molar-refractivity contribution in [3.63, 3.8) is 0 Å². The van der Waals surface area contributed by atoms with Crippen LogP contribution in [0.1, 0.15) is 23.2 Å². The van der Waals surface area contributed by atoms with Crippen molar-refractivity contribution in [1.82, 2.24) is 10.2 Å². The normalized spacial score (nSPS) is 13.4. The first kappa shape index (κ1) is 18.0. The van der Waals surface area contributed by atoms with E-state index in [9.17, 15) is 4.79 Å². The minimum absolute atomic E-state index is 0.208. The van der Waals surface area contributed by atoms with Crippen LogP contribution in [-0.2, 0) is 0 Å². The molecular weight excluding hydrogens is 352 g/mol. The fraction of sp³-hybridized carbons (Fsp3) is 0.227. The highest BCUT2D eigenvalue weighted by molar-refractivity contribution is 6.06. The van der Waals surface area contributed by atoms with Crippen LogP contribution in [0.5, 0.6) is 5.75 Å². The number of para-hydroxylation sites is 1. The van der Waals surface area contributed by atoms with Crippen LogP contribution in [0.25, 0.3) is 11.3 Å². The van der Waals surface area contributed by atoms with Crippen LogP contribution in [0.15, 0.2) is 60.7 Å². The van der Waals surface area contributed by atoms with Gasteiger partial charge in [-0.15, -0.1) is 10.2 Å². The Labute approximate surface area is 164 Å². The lowest BCUT2D eigenvalue weighted by atomic mass is 10.1. The standard InChI is InChI=1S/C22H22N4O2/c1-28-20-7-3-2-6-18(20)22(27)23-17-10-8-16(9-11-17)19-12-13-21(25-24-19)26-14-4-5-15-26/h2-3,6-13H,4-5,14-15H2,1H3,(H,23,27). The minimum Gasteiger partial charge on any atom is -0.496 e. The number of benzene rings is 2. The molecule has 28 heavy (non-hydrogen) atoms. The lowest BCUT2D eigenvalue weighted by Crippen LogP contribution is -2.19. The van der Waals surface area contributed by atoms with Gasteiger partial charge in [0, 0.05) is 24.3 Å². The second-order valence-corrected chi connectivity index (χ2v) is 6.70. The molecule has 0 bridgehead atoms. The molecule has 0 spiro atoms. The number of ether oxygens (including phenoxy) is 1. The van der Waals surface area contributed by atoms with Crippen molar-refractivity contribution < 1.29 is 9.53 Å². The van der Waals surface area contributed by atoms with E-state index in [1.54, 1.807) is 19.2 Å². The summed E-state index contributed by atoms with van der Waals surface area (Å²) >= 11 is 0. The third-order valence-electron chi connectivity index (χ3n) is 4.87. The predicted molar refractivity (Wildman–Crippen MR) is 110 cm³/mol. The largest absolute Gasteiger partial charge is 0.496 e. The average Bonchev–Trinajstić information content (AvgIpc) is 3.29. The van der Waals surface area contributed by atoms with E-state index in [-0.39, 0.29) is 5.91 Å². The molecule has 2 aromatic carbocycles. The second-order valence-electron chi connectivity index (χ2n) is 6.70. The van der Waals surface area contributed by atoms with Gasteiger partial charge >= 0.3 is 0 Å². The van der Waals surface area contributed by atoms with Crippen molar-refractivity contribution in [2.45, 2.75) is 12.8 Å². The van der Waals surface area contributed by atoms with Crippen molar-refractivity contribution in [2.24, 2.45) is 0 Å². The summed E-state index contributed by atoms with van der Waals surface area (Å²) in [6, 6.07) is 18.7. The number of aromatic nitrogens is 2. The minimum atomic E-state index is -0.208. The van der Waals surface area contributed by atoms with Crippen LogP contribution in [0.3, 0.4) is 0 Å². The van der Waals surface area contributed by atoms with Gasteiger partial charge in [0.05, 0.1) is 18.4 Å². The summed E-state index contributed by atoms with van der Waals surface area (Å²) < 4.78 is 5.25. The Balaban J connectivity index is 1.45. The van der Waals surface area contributed by atoms with E-state index in [4.69, 9.17) is 4.74 Å². The molecule has 1 fully saturated rings. The lowest BCUT2D eigenvalue weighted by Gasteiger charge is -2.15. The summed E-state index contributed by atoms with van der Waals surface area (Å²) in [5, 5.41) is 11.6. The number of hydrogen-bond acceptors (Lipinski definition) is 5. The molecule has 1 aliphatic rings. The lowest BCUT2D eigenvalue weighted by molar-refractivity contribution is 0.102. The fourth-order valence-electron chi connectivity index (χ4n) is 3.35. The SMILES string of the molecule is COc1ccccc1C(=O)Nc1ccc(-c2ccc(N3CCCC3)nn2)cc1. The monoisotopic (exact) mass is 374 g/mol.